The fraction of sp³-hybridized carbons (Fsp3) is 0.385. The van der Waals surface area contributed by atoms with Gasteiger partial charge in [0.05, 0.1) is 5.69 Å². The summed E-state index contributed by atoms with van der Waals surface area (Å²) in [6.07, 6.45) is 1.68. The summed E-state index contributed by atoms with van der Waals surface area (Å²) in [7, 11) is 0. The van der Waals surface area contributed by atoms with Gasteiger partial charge in [-0.3, -0.25) is 10.4 Å². The quantitative estimate of drug-likeness (QED) is 0.477. The lowest BCUT2D eigenvalue weighted by Gasteiger charge is -2.27. The fourth-order valence-corrected chi connectivity index (χ4v) is 1.67. The number of hydrogen-bond acceptors (Lipinski definition) is 3. The highest BCUT2D eigenvalue weighted by molar-refractivity contribution is 5.97. The van der Waals surface area contributed by atoms with Crippen LogP contribution in [-0.2, 0) is 6.42 Å². The highest BCUT2D eigenvalue weighted by Crippen LogP contribution is 2.26. The topological polar surface area (TPSA) is 77.0 Å². The SMILES string of the molecule is C=N.CC.Cc1ccc2c(c1)CCC(=N)N2N. The summed E-state index contributed by atoms with van der Waals surface area (Å²) >= 11 is 0. The number of amidine groups is 1. The molecule has 1 aliphatic heterocycles. The van der Waals surface area contributed by atoms with Gasteiger partial charge in [0.15, 0.2) is 0 Å². The second-order valence-corrected chi connectivity index (χ2v) is 3.45. The summed E-state index contributed by atoms with van der Waals surface area (Å²) in [5.74, 6) is 6.25. The first-order valence-corrected chi connectivity index (χ1v) is 5.75. The van der Waals surface area contributed by atoms with E-state index < -0.39 is 0 Å². The smallest absolute Gasteiger partial charge is 0.115 e. The molecule has 0 bridgehead atoms. The molecule has 1 heterocycles. The molecule has 1 aliphatic rings. The van der Waals surface area contributed by atoms with E-state index in [-0.39, 0.29) is 0 Å². The van der Waals surface area contributed by atoms with Crippen LogP contribution >= 0.6 is 0 Å². The Morgan fingerprint density at radius 3 is 2.41 bits per heavy atom. The number of hydrazine groups is 1. The maximum absolute atomic E-state index is 7.58. The number of benzene rings is 1. The molecule has 0 aliphatic carbocycles. The first-order chi connectivity index (χ1) is 8.18. The molecule has 94 valence electrons. The molecule has 4 nitrogen and oxygen atoms in total. The third kappa shape index (κ3) is 3.67. The number of fused-ring (bicyclic) bond motifs is 1. The van der Waals surface area contributed by atoms with E-state index in [1.165, 1.54) is 16.1 Å². The first kappa shape index (κ1) is 15.3. The van der Waals surface area contributed by atoms with Gasteiger partial charge < -0.3 is 5.41 Å². The lowest BCUT2D eigenvalue weighted by atomic mass is 10.0. The van der Waals surface area contributed by atoms with Gasteiger partial charge in [0, 0.05) is 6.42 Å². The second-order valence-electron chi connectivity index (χ2n) is 3.45. The number of anilines is 1. The molecule has 17 heavy (non-hydrogen) atoms. The summed E-state index contributed by atoms with van der Waals surface area (Å²) in [6.45, 7) is 8.57. The normalized spacial score (nSPS) is 12.7. The Hall–Kier alpha value is -1.68. The van der Waals surface area contributed by atoms with Crippen LogP contribution in [0, 0.1) is 17.7 Å². The molecule has 0 saturated heterocycles. The van der Waals surface area contributed by atoms with Crippen molar-refractivity contribution in [2.75, 3.05) is 5.01 Å². The van der Waals surface area contributed by atoms with Crippen molar-refractivity contribution in [1.82, 2.24) is 0 Å². The predicted octanol–water partition coefficient (Wildman–Crippen LogP) is 2.89. The van der Waals surface area contributed by atoms with Gasteiger partial charge in [-0.25, -0.2) is 5.84 Å². The Labute approximate surface area is 103 Å². The van der Waals surface area contributed by atoms with E-state index >= 15 is 0 Å². The average Bonchev–Trinajstić information content (AvgIpc) is 2.39. The number of nitrogens with two attached hydrogens (primary N) is 1. The number of nitrogens with one attached hydrogen (secondary N) is 2. The maximum Gasteiger partial charge on any atom is 0.115 e. The lowest BCUT2D eigenvalue weighted by Crippen LogP contribution is -2.40. The minimum atomic E-state index is 0.497. The monoisotopic (exact) mass is 234 g/mol. The molecule has 0 spiro atoms. The van der Waals surface area contributed by atoms with Crippen LogP contribution in [0.1, 0.15) is 31.4 Å². The van der Waals surface area contributed by atoms with Crippen LogP contribution in [0.25, 0.3) is 0 Å². The van der Waals surface area contributed by atoms with Crippen molar-refractivity contribution in [2.24, 2.45) is 5.84 Å². The molecule has 0 amide bonds. The Balaban J connectivity index is 0.000000581. The van der Waals surface area contributed by atoms with Gasteiger partial charge in [-0.2, -0.15) is 0 Å². The zero-order chi connectivity index (χ0) is 13.4. The molecule has 0 aromatic heterocycles. The Morgan fingerprint density at radius 2 is 1.82 bits per heavy atom. The number of aryl methyl sites for hydroxylation is 2. The summed E-state index contributed by atoms with van der Waals surface area (Å²) in [5, 5.41) is 14.6. The Morgan fingerprint density at radius 1 is 1.24 bits per heavy atom. The fourth-order valence-electron chi connectivity index (χ4n) is 1.67. The summed E-state index contributed by atoms with van der Waals surface area (Å²) in [6, 6.07) is 6.15. The van der Waals surface area contributed by atoms with E-state index in [4.69, 9.17) is 16.7 Å². The van der Waals surface area contributed by atoms with Gasteiger partial charge in [-0.15, -0.1) is 0 Å². The minimum absolute atomic E-state index is 0.497. The maximum atomic E-state index is 7.58. The molecular weight excluding hydrogens is 212 g/mol. The first-order valence-electron chi connectivity index (χ1n) is 5.75. The van der Waals surface area contributed by atoms with Crippen LogP contribution in [0.5, 0.6) is 0 Å². The third-order valence-corrected chi connectivity index (χ3v) is 2.42. The Kier molecular flexibility index (Phi) is 6.82. The molecule has 0 atom stereocenters. The van der Waals surface area contributed by atoms with Crippen LogP contribution in [0.2, 0.25) is 0 Å². The van der Waals surface area contributed by atoms with Crippen LogP contribution in [0.3, 0.4) is 0 Å². The summed E-state index contributed by atoms with van der Waals surface area (Å²) in [5.41, 5.74) is 3.47. The number of nitrogens with zero attached hydrogens (tertiary/aromatic N) is 1. The summed E-state index contributed by atoms with van der Waals surface area (Å²) < 4.78 is 0. The molecule has 1 aromatic rings. The largest absolute Gasteiger partial charge is 0.317 e. The third-order valence-electron chi connectivity index (χ3n) is 2.42. The number of rotatable bonds is 0. The number of hydrogen-bond donors (Lipinski definition) is 3. The second kappa shape index (κ2) is 7.57. The van der Waals surface area contributed by atoms with Crippen molar-refractivity contribution in [3.8, 4) is 0 Å². The van der Waals surface area contributed by atoms with E-state index in [1.807, 2.05) is 26.0 Å². The van der Waals surface area contributed by atoms with E-state index in [9.17, 15) is 0 Å². The highest BCUT2D eigenvalue weighted by atomic mass is 15.4. The van der Waals surface area contributed by atoms with Crippen molar-refractivity contribution < 1.29 is 0 Å². The van der Waals surface area contributed by atoms with Gasteiger partial charge in [-0.1, -0.05) is 31.5 Å². The van der Waals surface area contributed by atoms with Gasteiger partial charge in [0.25, 0.3) is 0 Å². The zero-order valence-corrected chi connectivity index (χ0v) is 10.9. The van der Waals surface area contributed by atoms with E-state index in [0.717, 1.165) is 18.5 Å². The molecule has 0 unspecified atom stereocenters. The van der Waals surface area contributed by atoms with Crippen molar-refractivity contribution >= 4 is 18.2 Å². The van der Waals surface area contributed by atoms with Gasteiger partial charge in [-0.05, 0) is 31.7 Å². The molecule has 4 heteroatoms. The van der Waals surface area contributed by atoms with E-state index in [2.05, 4.69) is 19.7 Å². The Bertz CT molecular complexity index is 374. The van der Waals surface area contributed by atoms with Crippen molar-refractivity contribution in [3.05, 3.63) is 29.3 Å². The molecule has 2 rings (SSSR count). The van der Waals surface area contributed by atoms with E-state index in [0.29, 0.717) is 5.84 Å². The minimum Gasteiger partial charge on any atom is -0.317 e. The van der Waals surface area contributed by atoms with Crippen molar-refractivity contribution in [3.63, 3.8) is 0 Å². The molecule has 0 saturated carbocycles. The zero-order valence-electron chi connectivity index (χ0n) is 10.9. The van der Waals surface area contributed by atoms with Gasteiger partial charge in [0.2, 0.25) is 0 Å². The van der Waals surface area contributed by atoms with Crippen molar-refractivity contribution in [2.45, 2.75) is 33.6 Å². The highest BCUT2D eigenvalue weighted by Gasteiger charge is 2.18. The van der Waals surface area contributed by atoms with Crippen LogP contribution in [0.4, 0.5) is 5.69 Å². The molecule has 0 radical (unpaired) electrons. The van der Waals surface area contributed by atoms with Crippen LogP contribution in [-0.4, -0.2) is 12.6 Å². The standard InChI is InChI=1S/C10H13N3.C2H6.CH3N/c1-7-2-4-9-8(6-7)3-5-10(11)13(9)12;2*1-2/h2,4,6,11H,3,5,12H2,1H3;1-2H3;2H,1H2. The molecular formula is C13H22N4. The lowest BCUT2D eigenvalue weighted by molar-refractivity contribution is 0.913. The predicted molar refractivity (Wildman–Crippen MR) is 75.1 cm³/mol. The van der Waals surface area contributed by atoms with Crippen LogP contribution in [0.15, 0.2) is 18.2 Å². The van der Waals surface area contributed by atoms with Gasteiger partial charge >= 0.3 is 0 Å². The van der Waals surface area contributed by atoms with Crippen LogP contribution < -0.4 is 10.9 Å². The van der Waals surface area contributed by atoms with E-state index in [1.54, 1.807) is 0 Å². The van der Waals surface area contributed by atoms with Gasteiger partial charge in [0.1, 0.15) is 5.84 Å². The molecule has 1 aromatic carbocycles. The van der Waals surface area contributed by atoms with Crippen molar-refractivity contribution in [1.29, 1.82) is 10.8 Å². The average molecular weight is 234 g/mol. The molecule has 0 fully saturated rings. The molecule has 4 N–H and O–H groups in total. The summed E-state index contributed by atoms with van der Waals surface area (Å²) in [4.78, 5) is 0.